The minimum absolute atomic E-state index is 0.0975. The van der Waals surface area contributed by atoms with E-state index in [1.807, 2.05) is 30.0 Å². The SMILES string of the molecule is CC1(CNC(=O)c2ccccc2SCc2occc2C(=O)O)CCCS1. The Labute approximate surface area is 160 Å². The third-order valence-electron chi connectivity index (χ3n) is 4.39. The standard InChI is InChI=1S/C19H21NO4S2/c1-19(8-4-10-26-19)12-20-17(21)14-5-2-3-6-16(14)25-11-15-13(18(22)23)7-9-24-15/h2-3,5-7,9H,4,8,10-12H2,1H3,(H,20,21)(H,22,23). The lowest BCUT2D eigenvalue weighted by Crippen LogP contribution is -2.36. The van der Waals surface area contributed by atoms with Crippen LogP contribution in [0.25, 0.3) is 0 Å². The molecule has 1 amide bonds. The number of amides is 1. The minimum Gasteiger partial charge on any atom is -0.478 e. The molecule has 1 unspecified atom stereocenters. The molecule has 1 aromatic carbocycles. The summed E-state index contributed by atoms with van der Waals surface area (Å²) in [6.45, 7) is 2.84. The summed E-state index contributed by atoms with van der Waals surface area (Å²) in [5.74, 6) is 0.787. The predicted molar refractivity (Wildman–Crippen MR) is 104 cm³/mol. The van der Waals surface area contributed by atoms with Crippen molar-refractivity contribution in [1.29, 1.82) is 0 Å². The van der Waals surface area contributed by atoms with Gasteiger partial charge in [-0.1, -0.05) is 12.1 Å². The number of benzene rings is 1. The number of carboxylic acid groups (broad SMARTS) is 1. The van der Waals surface area contributed by atoms with E-state index in [0.29, 0.717) is 23.6 Å². The van der Waals surface area contributed by atoms with Gasteiger partial charge in [-0.25, -0.2) is 4.79 Å². The summed E-state index contributed by atoms with van der Waals surface area (Å²) in [7, 11) is 0. The second-order valence-corrected chi connectivity index (χ2v) is 9.13. The van der Waals surface area contributed by atoms with Gasteiger partial charge in [-0.2, -0.15) is 11.8 Å². The van der Waals surface area contributed by atoms with Gasteiger partial charge >= 0.3 is 5.97 Å². The van der Waals surface area contributed by atoms with E-state index in [4.69, 9.17) is 9.52 Å². The Hall–Kier alpha value is -1.86. The van der Waals surface area contributed by atoms with Crippen molar-refractivity contribution in [1.82, 2.24) is 5.32 Å². The van der Waals surface area contributed by atoms with E-state index in [0.717, 1.165) is 17.1 Å². The highest BCUT2D eigenvalue weighted by Gasteiger charge is 2.30. The Morgan fingerprint density at radius 2 is 2.12 bits per heavy atom. The number of aromatic carboxylic acids is 1. The zero-order valence-electron chi connectivity index (χ0n) is 14.5. The molecule has 1 fully saturated rings. The number of furan rings is 1. The van der Waals surface area contributed by atoms with Gasteiger partial charge in [0.05, 0.1) is 17.6 Å². The number of hydrogen-bond donors (Lipinski definition) is 2. The van der Waals surface area contributed by atoms with Gasteiger partial charge in [-0.3, -0.25) is 4.79 Å². The summed E-state index contributed by atoms with van der Waals surface area (Å²) >= 11 is 3.31. The predicted octanol–water partition coefficient (Wildman–Crippen LogP) is 4.29. The third-order valence-corrected chi connectivity index (χ3v) is 7.00. The number of carboxylic acids is 1. The number of hydrogen-bond acceptors (Lipinski definition) is 5. The lowest BCUT2D eigenvalue weighted by molar-refractivity contribution is 0.0694. The van der Waals surface area contributed by atoms with Crippen LogP contribution in [0.2, 0.25) is 0 Å². The summed E-state index contributed by atoms with van der Waals surface area (Å²) < 4.78 is 5.38. The fourth-order valence-corrected chi connectivity index (χ4v) is 5.15. The van der Waals surface area contributed by atoms with Crippen molar-refractivity contribution in [3.8, 4) is 0 Å². The first-order chi connectivity index (χ1) is 12.5. The molecule has 2 aromatic rings. The molecule has 1 aromatic heterocycles. The number of carbonyl (C=O) groups excluding carboxylic acids is 1. The largest absolute Gasteiger partial charge is 0.478 e. The van der Waals surface area contributed by atoms with Gasteiger partial charge in [-0.15, -0.1) is 11.8 Å². The van der Waals surface area contributed by atoms with E-state index in [9.17, 15) is 9.59 Å². The Kier molecular flexibility index (Phi) is 5.98. The molecule has 3 rings (SSSR count). The van der Waals surface area contributed by atoms with Crippen molar-refractivity contribution >= 4 is 35.4 Å². The van der Waals surface area contributed by atoms with Gasteiger partial charge in [0.1, 0.15) is 11.3 Å². The number of nitrogens with one attached hydrogen (secondary N) is 1. The Bertz CT molecular complexity index is 796. The van der Waals surface area contributed by atoms with Crippen molar-refractivity contribution in [3.63, 3.8) is 0 Å². The highest BCUT2D eigenvalue weighted by molar-refractivity contribution is 8.00. The van der Waals surface area contributed by atoms with Gasteiger partial charge in [0.2, 0.25) is 0 Å². The molecule has 0 spiro atoms. The number of carbonyl (C=O) groups is 2. The van der Waals surface area contributed by atoms with Crippen LogP contribution in [0.3, 0.4) is 0 Å². The molecule has 1 saturated heterocycles. The van der Waals surface area contributed by atoms with E-state index in [-0.39, 0.29) is 16.2 Å². The van der Waals surface area contributed by atoms with E-state index in [2.05, 4.69) is 12.2 Å². The maximum atomic E-state index is 12.6. The molecule has 1 aliphatic rings. The zero-order chi connectivity index (χ0) is 18.6. The first-order valence-electron chi connectivity index (χ1n) is 8.42. The number of rotatable bonds is 7. The fraction of sp³-hybridized carbons (Fsp3) is 0.368. The summed E-state index contributed by atoms with van der Waals surface area (Å²) in [6.07, 6.45) is 3.68. The molecule has 0 radical (unpaired) electrons. The molecule has 0 bridgehead atoms. The lowest BCUT2D eigenvalue weighted by Gasteiger charge is -2.23. The van der Waals surface area contributed by atoms with Crippen LogP contribution in [-0.2, 0) is 5.75 Å². The Morgan fingerprint density at radius 3 is 2.85 bits per heavy atom. The van der Waals surface area contributed by atoms with E-state index in [1.54, 1.807) is 6.07 Å². The van der Waals surface area contributed by atoms with Crippen LogP contribution < -0.4 is 5.32 Å². The molecule has 5 nitrogen and oxygen atoms in total. The van der Waals surface area contributed by atoms with Gasteiger partial charge in [0.15, 0.2) is 0 Å². The van der Waals surface area contributed by atoms with Crippen LogP contribution in [-0.4, -0.2) is 34.0 Å². The van der Waals surface area contributed by atoms with Gasteiger partial charge in [0.25, 0.3) is 5.91 Å². The molecule has 1 aliphatic heterocycles. The smallest absolute Gasteiger partial charge is 0.339 e. The molecule has 2 N–H and O–H groups in total. The molecule has 138 valence electrons. The normalized spacial score (nSPS) is 19.4. The monoisotopic (exact) mass is 391 g/mol. The quantitative estimate of drug-likeness (QED) is 0.686. The fourth-order valence-electron chi connectivity index (χ4n) is 2.91. The van der Waals surface area contributed by atoms with Crippen molar-refractivity contribution in [2.24, 2.45) is 0 Å². The molecule has 2 heterocycles. The van der Waals surface area contributed by atoms with E-state index < -0.39 is 5.97 Å². The number of thioether (sulfide) groups is 2. The van der Waals surface area contributed by atoms with Crippen molar-refractivity contribution in [2.75, 3.05) is 12.3 Å². The summed E-state index contributed by atoms with van der Waals surface area (Å²) in [5, 5.41) is 12.2. The molecular formula is C19H21NO4S2. The van der Waals surface area contributed by atoms with Crippen LogP contribution in [0.5, 0.6) is 0 Å². The highest BCUT2D eigenvalue weighted by Crippen LogP contribution is 2.37. The van der Waals surface area contributed by atoms with Crippen LogP contribution >= 0.6 is 23.5 Å². The summed E-state index contributed by atoms with van der Waals surface area (Å²) in [4.78, 5) is 24.6. The molecular weight excluding hydrogens is 370 g/mol. The topological polar surface area (TPSA) is 79.5 Å². The third kappa shape index (κ3) is 4.45. The van der Waals surface area contributed by atoms with Crippen LogP contribution in [0.4, 0.5) is 0 Å². The van der Waals surface area contributed by atoms with Crippen LogP contribution in [0.1, 0.15) is 46.2 Å². The Morgan fingerprint density at radius 1 is 1.31 bits per heavy atom. The molecule has 0 aliphatic carbocycles. The first-order valence-corrected chi connectivity index (χ1v) is 10.4. The van der Waals surface area contributed by atoms with Crippen molar-refractivity contribution in [3.05, 3.63) is 53.5 Å². The summed E-state index contributed by atoms with van der Waals surface area (Å²) in [5.41, 5.74) is 0.762. The van der Waals surface area contributed by atoms with Crippen molar-refractivity contribution < 1.29 is 19.1 Å². The van der Waals surface area contributed by atoms with Gasteiger partial charge in [-0.05, 0) is 43.7 Å². The van der Waals surface area contributed by atoms with Crippen LogP contribution in [0.15, 0.2) is 45.9 Å². The molecule has 7 heteroatoms. The molecule has 26 heavy (non-hydrogen) atoms. The first kappa shape index (κ1) is 18.9. The van der Waals surface area contributed by atoms with Gasteiger partial charge < -0.3 is 14.8 Å². The molecule has 0 saturated carbocycles. The van der Waals surface area contributed by atoms with Crippen LogP contribution in [0, 0.1) is 0 Å². The van der Waals surface area contributed by atoms with E-state index in [1.165, 1.54) is 30.5 Å². The average Bonchev–Trinajstić information content (AvgIpc) is 3.27. The second kappa shape index (κ2) is 8.22. The minimum atomic E-state index is -1.01. The zero-order valence-corrected chi connectivity index (χ0v) is 16.1. The average molecular weight is 392 g/mol. The Balaban J connectivity index is 1.66. The molecule has 1 atom stereocenters. The maximum absolute atomic E-state index is 12.6. The summed E-state index contributed by atoms with van der Waals surface area (Å²) in [6, 6.07) is 8.81. The second-order valence-electron chi connectivity index (χ2n) is 6.43. The van der Waals surface area contributed by atoms with Gasteiger partial charge in [0, 0.05) is 16.2 Å². The van der Waals surface area contributed by atoms with E-state index >= 15 is 0 Å². The van der Waals surface area contributed by atoms with Crippen molar-refractivity contribution in [2.45, 2.75) is 35.2 Å². The lowest BCUT2D eigenvalue weighted by atomic mass is 10.1. The maximum Gasteiger partial charge on any atom is 0.339 e. The highest BCUT2D eigenvalue weighted by atomic mass is 32.2.